The fraction of sp³-hybridized carbons (Fsp3) is 0.778. The summed E-state index contributed by atoms with van der Waals surface area (Å²) in [6.45, 7) is 7.30. The van der Waals surface area contributed by atoms with Crippen LogP contribution in [-0.4, -0.2) is 36.9 Å². The maximum absolute atomic E-state index is 12.4. The van der Waals surface area contributed by atoms with E-state index in [1.807, 2.05) is 13.8 Å². The molecule has 1 heterocycles. The Morgan fingerprint density at radius 2 is 1.88 bits per heavy atom. The predicted octanol–water partition coefficient (Wildman–Crippen LogP) is 6.31. The van der Waals surface area contributed by atoms with E-state index in [1.54, 1.807) is 6.08 Å². The number of ketones is 1. The number of esters is 1. The molecule has 0 N–H and O–H groups in total. The highest BCUT2D eigenvalue weighted by Crippen LogP contribution is 2.36. The van der Waals surface area contributed by atoms with Gasteiger partial charge >= 0.3 is 5.97 Å². The lowest BCUT2D eigenvalue weighted by Gasteiger charge is -2.29. The smallest absolute Gasteiger partial charge is 0.306 e. The van der Waals surface area contributed by atoms with E-state index in [9.17, 15) is 9.59 Å². The van der Waals surface area contributed by atoms with Crippen LogP contribution in [-0.2, 0) is 23.8 Å². The first-order valence-corrected chi connectivity index (χ1v) is 12.8. The van der Waals surface area contributed by atoms with Crippen molar-refractivity contribution >= 4 is 11.8 Å². The first-order chi connectivity index (χ1) is 15.5. The van der Waals surface area contributed by atoms with Gasteiger partial charge in [0.2, 0.25) is 0 Å². The minimum absolute atomic E-state index is 0.0140. The van der Waals surface area contributed by atoms with E-state index in [0.29, 0.717) is 19.6 Å². The van der Waals surface area contributed by atoms with E-state index in [4.69, 9.17) is 14.2 Å². The summed E-state index contributed by atoms with van der Waals surface area (Å²) in [7, 11) is 0. The normalized spacial score (nSPS) is 22.4. The number of ether oxygens (including phenoxy) is 3. The number of carbonyl (C=O) groups excluding carboxylic acids is 2. The Morgan fingerprint density at radius 1 is 1.12 bits per heavy atom. The summed E-state index contributed by atoms with van der Waals surface area (Å²) >= 11 is 0. The lowest BCUT2D eigenvalue weighted by Crippen LogP contribution is -2.31. The molecule has 1 unspecified atom stereocenters. The van der Waals surface area contributed by atoms with E-state index in [-0.39, 0.29) is 29.7 Å². The quantitative estimate of drug-likeness (QED) is 0.157. The average molecular weight is 449 g/mol. The molecule has 182 valence electrons. The summed E-state index contributed by atoms with van der Waals surface area (Å²) < 4.78 is 17.3. The van der Waals surface area contributed by atoms with Gasteiger partial charge in [0.15, 0.2) is 11.6 Å². The summed E-state index contributed by atoms with van der Waals surface area (Å²) in [5, 5.41) is 0. The Hall–Kier alpha value is -1.46. The molecule has 1 aliphatic carbocycles. The number of allylic oxidation sites excluding steroid dienone is 4. The molecule has 5 heteroatoms. The lowest BCUT2D eigenvalue weighted by molar-refractivity contribution is -0.170. The first kappa shape index (κ1) is 26.8. The first-order valence-electron chi connectivity index (χ1n) is 12.8. The molecule has 0 spiro atoms. The molecule has 1 saturated heterocycles. The van der Waals surface area contributed by atoms with E-state index in [2.05, 4.69) is 25.2 Å². The predicted molar refractivity (Wildman–Crippen MR) is 127 cm³/mol. The van der Waals surface area contributed by atoms with Crippen LogP contribution in [0.1, 0.15) is 97.8 Å². The molecule has 32 heavy (non-hydrogen) atoms. The third-order valence-corrected chi connectivity index (χ3v) is 6.40. The van der Waals surface area contributed by atoms with Gasteiger partial charge in [0.05, 0.1) is 19.3 Å². The van der Waals surface area contributed by atoms with Crippen molar-refractivity contribution in [1.29, 1.82) is 0 Å². The molecular formula is C27H44O5. The minimum Gasteiger partial charge on any atom is -0.463 e. The third kappa shape index (κ3) is 9.58. The molecular weight excluding hydrogens is 404 g/mol. The second-order valence-corrected chi connectivity index (χ2v) is 9.48. The van der Waals surface area contributed by atoms with Crippen LogP contribution in [0, 0.1) is 11.8 Å². The standard InChI is InChI=1S/C27H44O5/c1-4-5-6-9-12-18-27(30-20-21-31-27)19-17-23-15-16-25(28)24(23)13-10-7-8-11-14-26(29)32-22(2)3/h7,10,15-16,22-24H,4-6,8-9,11-14,17-21H2,1-3H3/t23-,24?/m1/s1. The van der Waals surface area contributed by atoms with Gasteiger partial charge in [-0.2, -0.15) is 0 Å². The highest BCUT2D eigenvalue weighted by Gasteiger charge is 2.38. The van der Waals surface area contributed by atoms with Crippen molar-refractivity contribution in [2.24, 2.45) is 11.8 Å². The van der Waals surface area contributed by atoms with Gasteiger partial charge in [0.25, 0.3) is 0 Å². The second-order valence-electron chi connectivity index (χ2n) is 9.48. The van der Waals surface area contributed by atoms with Crippen molar-refractivity contribution in [2.45, 2.75) is 110 Å². The molecule has 1 aliphatic heterocycles. The van der Waals surface area contributed by atoms with Crippen molar-refractivity contribution in [3.05, 3.63) is 24.3 Å². The van der Waals surface area contributed by atoms with Crippen LogP contribution in [0.2, 0.25) is 0 Å². The number of carbonyl (C=O) groups is 2. The number of hydrogen-bond donors (Lipinski definition) is 0. The fourth-order valence-corrected chi connectivity index (χ4v) is 4.62. The molecule has 2 atom stereocenters. The van der Waals surface area contributed by atoms with E-state index >= 15 is 0 Å². The maximum atomic E-state index is 12.4. The van der Waals surface area contributed by atoms with Crippen LogP contribution in [0.5, 0.6) is 0 Å². The number of rotatable bonds is 16. The summed E-state index contributed by atoms with van der Waals surface area (Å²) in [5.41, 5.74) is 0. The Bertz CT molecular complexity index is 616. The van der Waals surface area contributed by atoms with Crippen molar-refractivity contribution in [1.82, 2.24) is 0 Å². The van der Waals surface area contributed by atoms with Crippen molar-refractivity contribution in [3.8, 4) is 0 Å². The van der Waals surface area contributed by atoms with Crippen molar-refractivity contribution in [3.63, 3.8) is 0 Å². The average Bonchev–Trinajstić information content (AvgIpc) is 3.36. The molecule has 0 aromatic carbocycles. The van der Waals surface area contributed by atoms with Gasteiger partial charge in [-0.3, -0.25) is 9.59 Å². The molecule has 1 fully saturated rings. The zero-order chi connectivity index (χ0) is 23.2. The van der Waals surface area contributed by atoms with E-state index in [0.717, 1.165) is 44.9 Å². The SMILES string of the molecule is CCCCCCCC1(CC[C@H]2C=CC(=O)C2CC=CCCCC(=O)OC(C)C)OCCO1. The fourth-order valence-electron chi connectivity index (χ4n) is 4.62. The maximum Gasteiger partial charge on any atom is 0.306 e. The van der Waals surface area contributed by atoms with Gasteiger partial charge in [-0.1, -0.05) is 50.8 Å². The van der Waals surface area contributed by atoms with Gasteiger partial charge in [0.1, 0.15) is 0 Å². The van der Waals surface area contributed by atoms with Gasteiger partial charge < -0.3 is 14.2 Å². The second kappa shape index (κ2) is 14.6. The van der Waals surface area contributed by atoms with Crippen molar-refractivity contribution < 1.29 is 23.8 Å². The molecule has 5 nitrogen and oxygen atoms in total. The highest BCUT2D eigenvalue weighted by molar-refractivity contribution is 5.94. The lowest BCUT2D eigenvalue weighted by atomic mass is 9.86. The van der Waals surface area contributed by atoms with Crippen LogP contribution in [0.3, 0.4) is 0 Å². The van der Waals surface area contributed by atoms with Crippen LogP contribution in [0.15, 0.2) is 24.3 Å². The van der Waals surface area contributed by atoms with Crippen LogP contribution in [0.4, 0.5) is 0 Å². The van der Waals surface area contributed by atoms with Gasteiger partial charge in [-0.25, -0.2) is 0 Å². The molecule has 0 amide bonds. The monoisotopic (exact) mass is 448 g/mol. The summed E-state index contributed by atoms with van der Waals surface area (Å²) in [6, 6.07) is 0. The van der Waals surface area contributed by atoms with E-state index in [1.165, 1.54) is 25.7 Å². The molecule has 0 saturated carbocycles. The van der Waals surface area contributed by atoms with Gasteiger partial charge in [0, 0.05) is 25.2 Å². The number of unbranched alkanes of at least 4 members (excludes halogenated alkanes) is 5. The molecule has 2 aliphatic rings. The third-order valence-electron chi connectivity index (χ3n) is 6.40. The number of hydrogen-bond acceptors (Lipinski definition) is 5. The van der Waals surface area contributed by atoms with Crippen LogP contribution in [0.25, 0.3) is 0 Å². The Labute approximate surface area is 195 Å². The zero-order valence-electron chi connectivity index (χ0n) is 20.5. The zero-order valence-corrected chi connectivity index (χ0v) is 20.5. The van der Waals surface area contributed by atoms with Crippen LogP contribution < -0.4 is 0 Å². The van der Waals surface area contributed by atoms with Crippen molar-refractivity contribution in [2.75, 3.05) is 13.2 Å². The Morgan fingerprint density at radius 3 is 2.59 bits per heavy atom. The summed E-state index contributed by atoms with van der Waals surface area (Å²) in [4.78, 5) is 24.0. The summed E-state index contributed by atoms with van der Waals surface area (Å²) in [5.74, 6) is -0.101. The molecule has 2 rings (SSSR count). The van der Waals surface area contributed by atoms with Gasteiger partial charge in [-0.05, 0) is 57.9 Å². The Kier molecular flexibility index (Phi) is 12.3. The van der Waals surface area contributed by atoms with E-state index < -0.39 is 5.79 Å². The minimum atomic E-state index is -0.448. The largest absolute Gasteiger partial charge is 0.463 e. The molecule has 0 radical (unpaired) electrons. The Balaban J connectivity index is 1.73. The van der Waals surface area contributed by atoms with Crippen LogP contribution >= 0.6 is 0 Å². The molecule has 0 bridgehead atoms. The summed E-state index contributed by atoms with van der Waals surface area (Å²) in [6.07, 6.45) is 19.6. The van der Waals surface area contributed by atoms with Gasteiger partial charge in [-0.15, -0.1) is 0 Å². The topological polar surface area (TPSA) is 61.8 Å². The molecule has 0 aromatic rings. The highest BCUT2D eigenvalue weighted by atomic mass is 16.7. The molecule has 0 aromatic heterocycles.